The summed E-state index contributed by atoms with van der Waals surface area (Å²) < 4.78 is 4.95. The number of ether oxygens (including phenoxy) is 1. The normalized spacial score (nSPS) is 10.2. The Bertz CT molecular complexity index is 216. The molecule has 12 heavy (non-hydrogen) atoms. The molecule has 0 amide bonds. The molecule has 0 bridgehead atoms. The lowest BCUT2D eigenvalue weighted by molar-refractivity contribution is 0.202. The predicted molar refractivity (Wildman–Crippen MR) is 47.9 cm³/mol. The van der Waals surface area contributed by atoms with E-state index in [-0.39, 0.29) is 6.61 Å². The first kappa shape index (κ1) is 9.23. The number of aliphatic hydroxyl groups excluding tert-OH is 1. The number of rotatable bonds is 4. The van der Waals surface area contributed by atoms with Gasteiger partial charge < -0.3 is 9.84 Å². The van der Waals surface area contributed by atoms with Gasteiger partial charge in [-0.05, 0) is 17.5 Å². The topological polar surface area (TPSA) is 29.5 Å². The summed E-state index contributed by atoms with van der Waals surface area (Å²) in [5.74, 6) is 0. The van der Waals surface area contributed by atoms with Gasteiger partial charge in [-0.3, -0.25) is 0 Å². The minimum atomic E-state index is 0.116. The molecule has 0 fully saturated rings. The Hall–Kier alpha value is -0.860. The van der Waals surface area contributed by atoms with E-state index in [9.17, 15) is 0 Å². The molecule has 1 rings (SSSR count). The Morgan fingerprint density at radius 3 is 2.25 bits per heavy atom. The van der Waals surface area contributed by atoms with Crippen LogP contribution in [0.4, 0.5) is 0 Å². The molecule has 0 saturated carbocycles. The van der Waals surface area contributed by atoms with Gasteiger partial charge in [-0.2, -0.15) is 0 Å². The van der Waals surface area contributed by atoms with Gasteiger partial charge in [-0.15, -0.1) is 0 Å². The summed E-state index contributed by atoms with van der Waals surface area (Å²) in [5.41, 5.74) is 2.20. The van der Waals surface area contributed by atoms with Crippen LogP contribution in [-0.4, -0.2) is 18.8 Å². The zero-order valence-corrected chi connectivity index (χ0v) is 7.29. The van der Waals surface area contributed by atoms with Crippen molar-refractivity contribution in [1.82, 2.24) is 0 Å². The smallest absolute Gasteiger partial charge is 0.0681 e. The lowest BCUT2D eigenvalue weighted by Gasteiger charge is -2.00. The Morgan fingerprint density at radius 1 is 1.17 bits per heavy atom. The minimum absolute atomic E-state index is 0.116. The molecule has 1 aromatic carbocycles. The summed E-state index contributed by atoms with van der Waals surface area (Å²) in [6.45, 7) is 0.864. The van der Waals surface area contributed by atoms with Crippen LogP contribution in [0.2, 0.25) is 0 Å². The van der Waals surface area contributed by atoms with Crippen molar-refractivity contribution in [2.24, 2.45) is 0 Å². The molecule has 0 aromatic heterocycles. The average molecular weight is 166 g/mol. The van der Waals surface area contributed by atoms with Gasteiger partial charge in [0.1, 0.15) is 0 Å². The summed E-state index contributed by atoms with van der Waals surface area (Å²) in [6, 6.07) is 7.91. The zero-order valence-electron chi connectivity index (χ0n) is 7.29. The molecule has 0 aliphatic carbocycles. The maximum absolute atomic E-state index is 8.78. The number of hydrogen-bond acceptors (Lipinski definition) is 2. The molecule has 1 aromatic rings. The SMILES string of the molecule is COCCc1ccc(CO)cc1. The molecule has 0 aliphatic heterocycles. The van der Waals surface area contributed by atoms with Crippen LogP contribution in [0.5, 0.6) is 0 Å². The third-order valence-corrected chi connectivity index (χ3v) is 1.80. The molecule has 1 N–H and O–H groups in total. The van der Waals surface area contributed by atoms with Crippen LogP contribution in [0.1, 0.15) is 11.1 Å². The van der Waals surface area contributed by atoms with Crippen LogP contribution < -0.4 is 0 Å². The highest BCUT2D eigenvalue weighted by Crippen LogP contribution is 2.04. The van der Waals surface area contributed by atoms with Crippen molar-refractivity contribution in [3.8, 4) is 0 Å². The van der Waals surface area contributed by atoms with Gasteiger partial charge in [-0.1, -0.05) is 24.3 Å². The standard InChI is InChI=1S/C10H14O2/c1-12-7-6-9-2-4-10(8-11)5-3-9/h2-5,11H,6-8H2,1H3. The highest BCUT2D eigenvalue weighted by atomic mass is 16.5. The molecule has 2 nitrogen and oxygen atoms in total. The summed E-state index contributed by atoms with van der Waals surface area (Å²) in [6.07, 6.45) is 0.933. The third-order valence-electron chi connectivity index (χ3n) is 1.80. The molecule has 0 saturated heterocycles. The fraction of sp³-hybridized carbons (Fsp3) is 0.400. The van der Waals surface area contributed by atoms with E-state index in [0.29, 0.717) is 0 Å². The van der Waals surface area contributed by atoms with E-state index in [1.54, 1.807) is 7.11 Å². The van der Waals surface area contributed by atoms with Gasteiger partial charge >= 0.3 is 0 Å². The van der Waals surface area contributed by atoms with Gasteiger partial charge in [-0.25, -0.2) is 0 Å². The molecule has 0 atom stereocenters. The van der Waals surface area contributed by atoms with E-state index < -0.39 is 0 Å². The van der Waals surface area contributed by atoms with Crippen molar-refractivity contribution in [2.45, 2.75) is 13.0 Å². The van der Waals surface area contributed by atoms with Gasteiger partial charge in [0.2, 0.25) is 0 Å². The molecular formula is C10H14O2. The second kappa shape index (κ2) is 4.91. The van der Waals surface area contributed by atoms with E-state index >= 15 is 0 Å². The largest absolute Gasteiger partial charge is 0.392 e. The molecule has 0 heterocycles. The van der Waals surface area contributed by atoms with Crippen LogP contribution >= 0.6 is 0 Å². The van der Waals surface area contributed by atoms with Crippen LogP contribution in [0.15, 0.2) is 24.3 Å². The van der Waals surface area contributed by atoms with E-state index in [1.165, 1.54) is 5.56 Å². The second-order valence-corrected chi connectivity index (χ2v) is 2.72. The Morgan fingerprint density at radius 2 is 1.75 bits per heavy atom. The van der Waals surface area contributed by atoms with E-state index in [4.69, 9.17) is 9.84 Å². The summed E-state index contributed by atoms with van der Waals surface area (Å²) in [5, 5.41) is 8.78. The fourth-order valence-corrected chi connectivity index (χ4v) is 1.03. The lowest BCUT2D eigenvalue weighted by atomic mass is 10.1. The maximum Gasteiger partial charge on any atom is 0.0681 e. The van der Waals surface area contributed by atoms with Crippen molar-refractivity contribution >= 4 is 0 Å². The summed E-state index contributed by atoms with van der Waals surface area (Å²) >= 11 is 0. The zero-order chi connectivity index (χ0) is 8.81. The minimum Gasteiger partial charge on any atom is -0.392 e. The monoisotopic (exact) mass is 166 g/mol. The van der Waals surface area contributed by atoms with E-state index in [1.807, 2.05) is 24.3 Å². The van der Waals surface area contributed by atoms with Crippen LogP contribution in [0.3, 0.4) is 0 Å². The third kappa shape index (κ3) is 2.64. The Labute approximate surface area is 72.8 Å². The fourth-order valence-electron chi connectivity index (χ4n) is 1.03. The number of benzene rings is 1. The molecule has 0 spiro atoms. The first-order chi connectivity index (χ1) is 5.86. The van der Waals surface area contributed by atoms with Crippen molar-refractivity contribution in [1.29, 1.82) is 0 Å². The van der Waals surface area contributed by atoms with Crippen molar-refractivity contribution < 1.29 is 9.84 Å². The predicted octanol–water partition coefficient (Wildman–Crippen LogP) is 1.37. The first-order valence-corrected chi connectivity index (χ1v) is 4.04. The molecule has 0 aliphatic rings. The number of hydrogen-bond donors (Lipinski definition) is 1. The highest BCUT2D eigenvalue weighted by molar-refractivity contribution is 5.21. The average Bonchev–Trinajstić information content (AvgIpc) is 2.15. The van der Waals surface area contributed by atoms with Crippen molar-refractivity contribution in [3.63, 3.8) is 0 Å². The van der Waals surface area contributed by atoms with Crippen LogP contribution in [-0.2, 0) is 17.8 Å². The quantitative estimate of drug-likeness (QED) is 0.732. The van der Waals surface area contributed by atoms with Gasteiger partial charge in [0.05, 0.1) is 13.2 Å². The molecular weight excluding hydrogens is 152 g/mol. The Balaban J connectivity index is 2.53. The van der Waals surface area contributed by atoms with Gasteiger partial charge in [0.15, 0.2) is 0 Å². The van der Waals surface area contributed by atoms with Gasteiger partial charge in [0.25, 0.3) is 0 Å². The molecule has 0 unspecified atom stereocenters. The van der Waals surface area contributed by atoms with Crippen molar-refractivity contribution in [3.05, 3.63) is 35.4 Å². The maximum atomic E-state index is 8.78. The summed E-state index contributed by atoms with van der Waals surface area (Å²) in [7, 11) is 1.70. The van der Waals surface area contributed by atoms with Crippen LogP contribution in [0, 0.1) is 0 Å². The second-order valence-electron chi connectivity index (χ2n) is 2.72. The lowest BCUT2D eigenvalue weighted by Crippen LogP contribution is -1.94. The van der Waals surface area contributed by atoms with Crippen LogP contribution in [0.25, 0.3) is 0 Å². The molecule has 66 valence electrons. The van der Waals surface area contributed by atoms with Crippen molar-refractivity contribution in [2.75, 3.05) is 13.7 Å². The summed E-state index contributed by atoms with van der Waals surface area (Å²) in [4.78, 5) is 0. The van der Waals surface area contributed by atoms with E-state index in [0.717, 1.165) is 18.6 Å². The molecule has 0 radical (unpaired) electrons. The first-order valence-electron chi connectivity index (χ1n) is 4.04. The molecule has 2 heteroatoms. The highest BCUT2D eigenvalue weighted by Gasteiger charge is 1.92. The number of methoxy groups -OCH3 is 1. The Kier molecular flexibility index (Phi) is 3.77. The van der Waals surface area contributed by atoms with Gasteiger partial charge in [0, 0.05) is 7.11 Å². The van der Waals surface area contributed by atoms with E-state index in [2.05, 4.69) is 0 Å². The number of aliphatic hydroxyl groups is 1.